The molecule has 0 unspecified atom stereocenters. The molecule has 0 radical (unpaired) electrons. The number of benzene rings is 2. The van der Waals surface area contributed by atoms with E-state index in [4.69, 9.17) is 0 Å². The van der Waals surface area contributed by atoms with Crippen molar-refractivity contribution in [2.75, 3.05) is 0 Å². The minimum atomic E-state index is -0.482. The second kappa shape index (κ2) is 6.11. The van der Waals surface area contributed by atoms with Crippen molar-refractivity contribution in [1.29, 1.82) is 0 Å². The summed E-state index contributed by atoms with van der Waals surface area (Å²) in [5.74, 6) is -0.696. The molecule has 0 saturated heterocycles. The number of hydrogen-bond acceptors (Lipinski definition) is 1. The largest absolute Gasteiger partial charge is 0.294 e. The fraction of sp³-hybridized carbons (Fsp3) is 0.188. The molecular weight excluding hydrogens is 307 g/mol. The summed E-state index contributed by atoms with van der Waals surface area (Å²) in [5, 5.41) is 0. The van der Waals surface area contributed by atoms with E-state index < -0.39 is 5.82 Å². The molecule has 0 spiro atoms. The van der Waals surface area contributed by atoms with Gasteiger partial charge in [0, 0.05) is 10.9 Å². The number of aryl methyl sites for hydroxylation is 1. The van der Waals surface area contributed by atoms with Crippen molar-refractivity contribution in [2.24, 2.45) is 0 Å². The maximum absolute atomic E-state index is 13.7. The fourth-order valence-electron chi connectivity index (χ4n) is 1.93. The van der Waals surface area contributed by atoms with E-state index in [1.165, 1.54) is 11.6 Å². The molecule has 0 saturated carbocycles. The summed E-state index contributed by atoms with van der Waals surface area (Å²) in [6, 6.07) is 12.4. The Morgan fingerprint density at radius 2 is 1.74 bits per heavy atom. The lowest BCUT2D eigenvalue weighted by Crippen LogP contribution is -2.07. The first-order chi connectivity index (χ1) is 9.11. The molecule has 0 aliphatic heterocycles. The van der Waals surface area contributed by atoms with Crippen molar-refractivity contribution < 1.29 is 9.18 Å². The van der Waals surface area contributed by atoms with Gasteiger partial charge in [0.05, 0.1) is 5.56 Å². The third-order valence-electron chi connectivity index (χ3n) is 3.04. The van der Waals surface area contributed by atoms with E-state index in [-0.39, 0.29) is 17.8 Å². The second-order valence-electron chi connectivity index (χ2n) is 4.37. The van der Waals surface area contributed by atoms with Gasteiger partial charge in [-0.25, -0.2) is 4.39 Å². The highest BCUT2D eigenvalue weighted by atomic mass is 79.9. The van der Waals surface area contributed by atoms with Crippen molar-refractivity contribution in [3.63, 3.8) is 0 Å². The molecule has 0 bridgehead atoms. The summed E-state index contributed by atoms with van der Waals surface area (Å²) < 4.78 is 14.2. The zero-order chi connectivity index (χ0) is 13.8. The molecule has 1 nitrogen and oxygen atoms in total. The van der Waals surface area contributed by atoms with Crippen molar-refractivity contribution in [2.45, 2.75) is 19.8 Å². The Morgan fingerprint density at radius 3 is 2.32 bits per heavy atom. The number of halogens is 2. The minimum absolute atomic E-state index is 0.127. The van der Waals surface area contributed by atoms with Gasteiger partial charge in [-0.2, -0.15) is 0 Å². The van der Waals surface area contributed by atoms with Crippen molar-refractivity contribution in [3.8, 4) is 0 Å². The van der Waals surface area contributed by atoms with Crippen LogP contribution in [-0.2, 0) is 12.8 Å². The molecule has 3 heteroatoms. The molecule has 98 valence electrons. The van der Waals surface area contributed by atoms with E-state index in [1.807, 2.05) is 24.3 Å². The van der Waals surface area contributed by atoms with Crippen LogP contribution in [0.25, 0.3) is 0 Å². The van der Waals surface area contributed by atoms with Crippen LogP contribution in [0.15, 0.2) is 46.9 Å². The molecule has 0 atom stereocenters. The summed E-state index contributed by atoms with van der Waals surface area (Å²) >= 11 is 3.22. The van der Waals surface area contributed by atoms with Crippen molar-refractivity contribution in [1.82, 2.24) is 0 Å². The molecule has 2 rings (SSSR count). The average molecular weight is 321 g/mol. The van der Waals surface area contributed by atoms with E-state index >= 15 is 0 Å². The number of carbonyl (C=O) groups is 1. The van der Waals surface area contributed by atoms with E-state index in [0.717, 1.165) is 12.0 Å². The van der Waals surface area contributed by atoms with Gasteiger partial charge in [0.25, 0.3) is 0 Å². The third-order valence-corrected chi connectivity index (χ3v) is 3.70. The lowest BCUT2D eigenvalue weighted by molar-refractivity contribution is 0.0988. The van der Waals surface area contributed by atoms with Crippen molar-refractivity contribution >= 4 is 21.7 Å². The predicted octanol–water partition coefficient (Wildman–Crippen LogP) is 4.58. The van der Waals surface area contributed by atoms with Crippen LogP contribution in [0, 0.1) is 5.82 Å². The van der Waals surface area contributed by atoms with Crippen LogP contribution >= 0.6 is 15.9 Å². The Hall–Kier alpha value is -1.48. The molecule has 0 aliphatic rings. The number of rotatable bonds is 4. The number of ketones is 1. The molecule has 2 aromatic carbocycles. The standard InChI is InChI=1S/C16H14BrFO/c1-2-11-6-8-12(9-7-11)10-15(19)16-13(17)4-3-5-14(16)18/h3-9H,2,10H2,1H3. The fourth-order valence-corrected chi connectivity index (χ4v) is 2.49. The summed E-state index contributed by atoms with van der Waals surface area (Å²) in [7, 11) is 0. The van der Waals surface area contributed by atoms with Crippen LogP contribution < -0.4 is 0 Å². The molecule has 0 N–H and O–H groups in total. The van der Waals surface area contributed by atoms with Gasteiger partial charge in [-0.05, 0) is 45.6 Å². The normalized spacial score (nSPS) is 10.5. The average Bonchev–Trinajstić information content (AvgIpc) is 2.39. The maximum Gasteiger partial charge on any atom is 0.171 e. The molecule has 0 aliphatic carbocycles. The SMILES string of the molecule is CCc1ccc(CC(=O)c2c(F)cccc2Br)cc1. The van der Waals surface area contributed by atoms with Gasteiger partial charge >= 0.3 is 0 Å². The number of hydrogen-bond donors (Lipinski definition) is 0. The van der Waals surface area contributed by atoms with Crippen LogP contribution in [0.1, 0.15) is 28.4 Å². The molecule has 0 amide bonds. The highest BCUT2D eigenvalue weighted by Crippen LogP contribution is 2.21. The monoisotopic (exact) mass is 320 g/mol. The van der Waals surface area contributed by atoms with Gasteiger partial charge in [-0.15, -0.1) is 0 Å². The third kappa shape index (κ3) is 3.29. The zero-order valence-electron chi connectivity index (χ0n) is 10.6. The van der Waals surface area contributed by atoms with Crippen LogP contribution in [0.2, 0.25) is 0 Å². The first-order valence-corrected chi connectivity index (χ1v) is 6.96. The lowest BCUT2D eigenvalue weighted by Gasteiger charge is -2.06. The van der Waals surface area contributed by atoms with E-state index in [9.17, 15) is 9.18 Å². The Morgan fingerprint density at radius 1 is 1.11 bits per heavy atom. The van der Waals surface area contributed by atoms with Gasteiger partial charge in [-0.3, -0.25) is 4.79 Å². The van der Waals surface area contributed by atoms with E-state index in [2.05, 4.69) is 22.9 Å². The Balaban J connectivity index is 2.21. The minimum Gasteiger partial charge on any atom is -0.294 e. The zero-order valence-corrected chi connectivity index (χ0v) is 12.2. The summed E-state index contributed by atoms with van der Waals surface area (Å²) in [4.78, 5) is 12.1. The van der Waals surface area contributed by atoms with E-state index in [1.54, 1.807) is 12.1 Å². The molecule has 0 aromatic heterocycles. The van der Waals surface area contributed by atoms with Crippen LogP contribution in [-0.4, -0.2) is 5.78 Å². The molecular formula is C16H14BrFO. The molecule has 2 aromatic rings. The lowest BCUT2D eigenvalue weighted by atomic mass is 10.0. The highest BCUT2D eigenvalue weighted by molar-refractivity contribution is 9.10. The van der Waals surface area contributed by atoms with Crippen LogP contribution in [0.4, 0.5) is 4.39 Å². The highest BCUT2D eigenvalue weighted by Gasteiger charge is 2.15. The molecule has 19 heavy (non-hydrogen) atoms. The molecule has 0 heterocycles. The second-order valence-corrected chi connectivity index (χ2v) is 5.22. The Bertz CT molecular complexity index is 570. The quantitative estimate of drug-likeness (QED) is 0.754. The van der Waals surface area contributed by atoms with Crippen LogP contribution in [0.3, 0.4) is 0 Å². The van der Waals surface area contributed by atoms with Gasteiger partial charge in [0.2, 0.25) is 0 Å². The van der Waals surface area contributed by atoms with E-state index in [0.29, 0.717) is 4.47 Å². The number of carbonyl (C=O) groups excluding carboxylic acids is 1. The van der Waals surface area contributed by atoms with Crippen molar-refractivity contribution in [3.05, 3.63) is 69.4 Å². The summed E-state index contributed by atoms with van der Waals surface area (Å²) in [6.45, 7) is 2.08. The summed E-state index contributed by atoms with van der Waals surface area (Å²) in [6.07, 6.45) is 1.18. The first kappa shape index (κ1) is 13.9. The topological polar surface area (TPSA) is 17.1 Å². The smallest absolute Gasteiger partial charge is 0.171 e. The Kier molecular flexibility index (Phi) is 4.48. The van der Waals surface area contributed by atoms with Gasteiger partial charge < -0.3 is 0 Å². The van der Waals surface area contributed by atoms with Crippen LogP contribution in [0.5, 0.6) is 0 Å². The maximum atomic E-state index is 13.7. The number of Topliss-reactive ketones (excluding diaryl/α,β-unsaturated/α-hetero) is 1. The van der Waals surface area contributed by atoms with Gasteiger partial charge in [-0.1, -0.05) is 37.3 Å². The first-order valence-electron chi connectivity index (χ1n) is 6.17. The van der Waals surface area contributed by atoms with Gasteiger partial charge in [0.15, 0.2) is 5.78 Å². The molecule has 0 fully saturated rings. The summed E-state index contributed by atoms with van der Waals surface area (Å²) in [5.41, 5.74) is 2.25. The Labute approximate surface area is 120 Å². The predicted molar refractivity (Wildman–Crippen MR) is 78.0 cm³/mol. The van der Waals surface area contributed by atoms with Gasteiger partial charge in [0.1, 0.15) is 5.82 Å².